The van der Waals surface area contributed by atoms with Gasteiger partial charge >= 0.3 is 7.12 Å². The van der Waals surface area contributed by atoms with E-state index in [9.17, 15) is 0 Å². The molecule has 0 spiro atoms. The van der Waals surface area contributed by atoms with Crippen LogP contribution in [0, 0.1) is 0 Å². The molecule has 1 saturated heterocycles. The van der Waals surface area contributed by atoms with Crippen LogP contribution < -0.4 is 19.8 Å². The van der Waals surface area contributed by atoms with Crippen LogP contribution in [0.2, 0.25) is 0 Å². The van der Waals surface area contributed by atoms with Crippen LogP contribution >= 0.6 is 0 Å². The Morgan fingerprint density at radius 3 is 2.28 bits per heavy atom. The van der Waals surface area contributed by atoms with Crippen molar-refractivity contribution in [2.45, 2.75) is 52.4 Å². The molecule has 0 radical (unpaired) electrons. The zero-order chi connectivity index (χ0) is 21.1. The molecule has 0 atom stereocenters. The van der Waals surface area contributed by atoms with Gasteiger partial charge in [0.05, 0.1) is 24.9 Å². The molecule has 3 rings (SSSR count). The minimum atomic E-state index is -0.527. The first-order chi connectivity index (χ1) is 13.8. The highest BCUT2D eigenvalue weighted by atomic mass is 17.2. The van der Waals surface area contributed by atoms with E-state index in [4.69, 9.17) is 28.6 Å². The van der Waals surface area contributed by atoms with Crippen LogP contribution in [0.3, 0.4) is 0 Å². The molecule has 1 aliphatic heterocycles. The monoisotopic (exact) mass is 401 g/mol. The van der Waals surface area contributed by atoms with Gasteiger partial charge in [-0.15, -0.1) is 0 Å². The number of hydrogen-bond donors (Lipinski definition) is 0. The summed E-state index contributed by atoms with van der Waals surface area (Å²) in [6.07, 6.45) is 1.65. The maximum absolute atomic E-state index is 6.08. The van der Waals surface area contributed by atoms with Gasteiger partial charge < -0.3 is 23.7 Å². The molecule has 1 aliphatic rings. The Balaban J connectivity index is 1.68. The first-order valence-electron chi connectivity index (χ1n) is 9.66. The smallest absolute Gasteiger partial charge is 0.496 e. The molecular weight excluding hydrogens is 373 g/mol. The summed E-state index contributed by atoms with van der Waals surface area (Å²) in [7, 11) is 1.10. The van der Waals surface area contributed by atoms with Crippen LogP contribution in [0.15, 0.2) is 36.5 Å². The van der Waals surface area contributed by atoms with E-state index >= 15 is 0 Å². The Hall–Kier alpha value is -2.29. The fourth-order valence-electron chi connectivity index (χ4n) is 2.75. The lowest BCUT2D eigenvalue weighted by molar-refractivity contribution is -0.221. The van der Waals surface area contributed by atoms with Crippen molar-refractivity contribution in [2.24, 2.45) is 0 Å². The number of ether oxygens (including phenoxy) is 2. The molecule has 156 valence electrons. The van der Waals surface area contributed by atoms with Gasteiger partial charge in [-0.05, 0) is 58.4 Å². The van der Waals surface area contributed by atoms with E-state index in [2.05, 4.69) is 4.98 Å². The highest BCUT2D eigenvalue weighted by Crippen LogP contribution is 2.37. The van der Waals surface area contributed by atoms with Gasteiger partial charge in [-0.1, -0.05) is 12.1 Å². The van der Waals surface area contributed by atoms with E-state index in [1.165, 1.54) is 0 Å². The SMILES string of the molecule is CCOc1cc(B2OC(C)(C)C(C)(C)O2)cnc1OOCc1ccc(OC)cc1. The lowest BCUT2D eigenvalue weighted by Crippen LogP contribution is -2.41. The first kappa shape index (κ1) is 21.4. The number of rotatable bonds is 8. The summed E-state index contributed by atoms with van der Waals surface area (Å²) in [5.41, 5.74) is 0.840. The summed E-state index contributed by atoms with van der Waals surface area (Å²) >= 11 is 0. The molecule has 0 bridgehead atoms. The predicted molar refractivity (Wildman–Crippen MR) is 110 cm³/mol. The van der Waals surface area contributed by atoms with Crippen LogP contribution in [-0.4, -0.2) is 37.0 Å². The zero-order valence-corrected chi connectivity index (χ0v) is 17.9. The summed E-state index contributed by atoms with van der Waals surface area (Å²) in [5, 5.41) is 0. The molecule has 0 amide bonds. The van der Waals surface area contributed by atoms with Gasteiger partial charge in [0.25, 0.3) is 5.88 Å². The van der Waals surface area contributed by atoms with Crippen molar-refractivity contribution in [1.82, 2.24) is 4.98 Å². The van der Waals surface area contributed by atoms with E-state index in [-0.39, 0.29) is 12.5 Å². The molecule has 0 N–H and O–H groups in total. The number of nitrogens with zero attached hydrogens (tertiary/aromatic N) is 1. The molecule has 29 heavy (non-hydrogen) atoms. The molecule has 8 heteroatoms. The second-order valence-corrected chi connectivity index (χ2v) is 7.79. The topological polar surface area (TPSA) is 68.3 Å². The molecule has 0 aliphatic carbocycles. The molecule has 7 nitrogen and oxygen atoms in total. The minimum absolute atomic E-state index is 0.251. The van der Waals surface area contributed by atoms with E-state index in [1.54, 1.807) is 13.3 Å². The van der Waals surface area contributed by atoms with Crippen molar-refractivity contribution >= 4 is 12.6 Å². The Morgan fingerprint density at radius 1 is 1.03 bits per heavy atom. The van der Waals surface area contributed by atoms with Crippen LogP contribution in [0.4, 0.5) is 0 Å². The number of methoxy groups -OCH3 is 1. The van der Waals surface area contributed by atoms with Gasteiger partial charge in [0.15, 0.2) is 5.75 Å². The van der Waals surface area contributed by atoms with Crippen molar-refractivity contribution in [1.29, 1.82) is 0 Å². The van der Waals surface area contributed by atoms with Crippen molar-refractivity contribution in [3.63, 3.8) is 0 Å². The zero-order valence-electron chi connectivity index (χ0n) is 17.9. The Kier molecular flexibility index (Phi) is 6.36. The lowest BCUT2D eigenvalue weighted by Gasteiger charge is -2.32. The fraction of sp³-hybridized carbons (Fsp3) is 0.476. The number of hydrogen-bond acceptors (Lipinski definition) is 7. The summed E-state index contributed by atoms with van der Waals surface area (Å²) in [6.45, 7) is 10.6. The Labute approximate surface area is 172 Å². The van der Waals surface area contributed by atoms with E-state index in [0.717, 1.165) is 16.8 Å². The normalized spacial score (nSPS) is 17.2. The van der Waals surface area contributed by atoms with E-state index in [0.29, 0.717) is 12.4 Å². The summed E-state index contributed by atoms with van der Waals surface area (Å²) < 4.78 is 23.0. The van der Waals surface area contributed by atoms with E-state index in [1.807, 2.05) is 65.0 Å². The highest BCUT2D eigenvalue weighted by Gasteiger charge is 2.52. The summed E-state index contributed by atoms with van der Waals surface area (Å²) in [5.74, 6) is 1.50. The van der Waals surface area contributed by atoms with Gasteiger partial charge in [0, 0.05) is 11.7 Å². The predicted octanol–water partition coefficient (Wildman–Crippen LogP) is 3.30. The van der Waals surface area contributed by atoms with Gasteiger partial charge in [-0.25, -0.2) is 4.98 Å². The highest BCUT2D eigenvalue weighted by molar-refractivity contribution is 6.62. The van der Waals surface area contributed by atoms with Crippen molar-refractivity contribution in [2.75, 3.05) is 13.7 Å². The third-order valence-electron chi connectivity index (χ3n) is 5.19. The van der Waals surface area contributed by atoms with Crippen LogP contribution in [-0.2, 0) is 20.8 Å². The van der Waals surface area contributed by atoms with Gasteiger partial charge in [-0.2, -0.15) is 4.89 Å². The summed E-state index contributed by atoms with van der Waals surface area (Å²) in [4.78, 5) is 15.1. The molecule has 2 aromatic rings. The van der Waals surface area contributed by atoms with Crippen molar-refractivity contribution < 1.29 is 28.6 Å². The first-order valence-corrected chi connectivity index (χ1v) is 9.66. The molecule has 1 aromatic carbocycles. The number of aromatic nitrogens is 1. The van der Waals surface area contributed by atoms with Gasteiger partial charge in [0.2, 0.25) is 0 Å². The van der Waals surface area contributed by atoms with Crippen LogP contribution in [0.5, 0.6) is 17.4 Å². The van der Waals surface area contributed by atoms with Crippen LogP contribution in [0.25, 0.3) is 0 Å². The Bertz CT molecular complexity index is 808. The molecule has 2 heterocycles. The molecule has 1 fully saturated rings. The van der Waals surface area contributed by atoms with E-state index < -0.39 is 18.3 Å². The second-order valence-electron chi connectivity index (χ2n) is 7.79. The molecular formula is C21H28BNO6. The third-order valence-corrected chi connectivity index (χ3v) is 5.19. The maximum atomic E-state index is 6.08. The van der Waals surface area contributed by atoms with Crippen molar-refractivity contribution in [3.05, 3.63) is 42.1 Å². The lowest BCUT2D eigenvalue weighted by atomic mass is 9.80. The fourth-order valence-corrected chi connectivity index (χ4v) is 2.75. The van der Waals surface area contributed by atoms with Gasteiger partial charge in [-0.3, -0.25) is 0 Å². The molecule has 1 aromatic heterocycles. The second kappa shape index (κ2) is 8.61. The average molecular weight is 401 g/mol. The molecule has 0 unspecified atom stereocenters. The standard InChI is InChI=1S/C21H28BNO6/c1-7-25-18-12-16(22-28-20(2,3)21(4,5)29-22)13-23-19(18)27-26-14-15-8-10-17(24-6)11-9-15/h8-13H,7,14H2,1-6H3. The maximum Gasteiger partial charge on any atom is 0.496 e. The third kappa shape index (κ3) is 4.83. The largest absolute Gasteiger partial charge is 0.497 e. The van der Waals surface area contributed by atoms with Crippen molar-refractivity contribution in [3.8, 4) is 17.4 Å². The minimum Gasteiger partial charge on any atom is -0.497 e. The number of benzene rings is 1. The Morgan fingerprint density at radius 2 is 1.69 bits per heavy atom. The average Bonchev–Trinajstić information content (AvgIpc) is 2.91. The quantitative estimate of drug-likeness (QED) is 0.382. The number of pyridine rings is 1. The molecule has 0 saturated carbocycles. The van der Waals surface area contributed by atoms with Gasteiger partial charge in [0.1, 0.15) is 12.4 Å². The van der Waals surface area contributed by atoms with Crippen LogP contribution in [0.1, 0.15) is 40.2 Å². The summed E-state index contributed by atoms with van der Waals surface area (Å²) in [6, 6.07) is 9.34.